The van der Waals surface area contributed by atoms with Gasteiger partial charge in [-0.1, -0.05) is 152 Å². The third kappa shape index (κ3) is 19.2. The third-order valence-electron chi connectivity index (χ3n) is 12.4. The molecule has 11 atom stereocenters. The molecule has 2 aliphatic heterocycles. The van der Waals surface area contributed by atoms with Gasteiger partial charge in [-0.15, -0.1) is 0 Å². The molecular weight excluding hydrogens is 1010 g/mol. The molecule has 76 heavy (non-hydrogen) atoms. The Morgan fingerprint density at radius 1 is 0.618 bits per heavy atom. The van der Waals surface area contributed by atoms with Gasteiger partial charge in [0, 0.05) is 13.5 Å². The molecular formula is C56H67N3NaO15P. The van der Waals surface area contributed by atoms with E-state index in [0.29, 0.717) is 6.42 Å². The van der Waals surface area contributed by atoms with E-state index in [2.05, 4.69) is 15.6 Å². The Labute approximate surface area is 466 Å². The van der Waals surface area contributed by atoms with Crippen molar-refractivity contribution in [1.29, 1.82) is 0 Å². The van der Waals surface area contributed by atoms with Crippen LogP contribution in [0.25, 0.3) is 0 Å². The van der Waals surface area contributed by atoms with Crippen LogP contribution in [-0.2, 0) is 84.8 Å². The van der Waals surface area contributed by atoms with Crippen molar-refractivity contribution >= 4 is 25.5 Å². The summed E-state index contributed by atoms with van der Waals surface area (Å²) < 4.78 is 71.3. The van der Waals surface area contributed by atoms with Crippen molar-refractivity contribution in [3.63, 3.8) is 0 Å². The average Bonchev–Trinajstić information content (AvgIpc) is 3.42. The van der Waals surface area contributed by atoms with E-state index in [1.807, 2.05) is 152 Å². The van der Waals surface area contributed by atoms with Gasteiger partial charge in [-0.05, 0) is 47.1 Å². The summed E-state index contributed by atoms with van der Waals surface area (Å²) in [6, 6.07) is 44.5. The van der Waals surface area contributed by atoms with Gasteiger partial charge < -0.3 is 68.2 Å². The largest absolute Gasteiger partial charge is 1.00 e. The van der Waals surface area contributed by atoms with Crippen molar-refractivity contribution in [2.75, 3.05) is 32.5 Å². The predicted octanol–water partition coefficient (Wildman–Crippen LogP) is 3.00. The fourth-order valence-electron chi connectivity index (χ4n) is 8.80. The van der Waals surface area contributed by atoms with E-state index in [1.165, 1.54) is 13.8 Å². The summed E-state index contributed by atoms with van der Waals surface area (Å²) in [7, 11) is -4.75. The van der Waals surface area contributed by atoms with Crippen LogP contribution in [-0.4, -0.2) is 122 Å². The number of amides is 2. The summed E-state index contributed by atoms with van der Waals surface area (Å²) in [6.07, 6.45) is -9.77. The van der Waals surface area contributed by atoms with Gasteiger partial charge in [0.15, 0.2) is 6.29 Å². The number of nitrogens with zero attached hydrogens (tertiary/aromatic N) is 1. The maximum Gasteiger partial charge on any atom is 1.00 e. The predicted molar refractivity (Wildman–Crippen MR) is 275 cm³/mol. The zero-order valence-corrected chi connectivity index (χ0v) is 46.0. The number of hydrogen-bond donors (Lipinski definition) is 4. The van der Waals surface area contributed by atoms with Crippen molar-refractivity contribution in [3.8, 4) is 0 Å². The molecule has 0 bridgehead atoms. The number of rotatable bonds is 27. The molecule has 2 heterocycles. The van der Waals surface area contributed by atoms with Crippen LogP contribution in [0, 0.1) is 0 Å². The minimum absolute atomic E-state index is 0. The SMILES string of the molecule is CC(=O)N[C@@H]1[C@@H](OCCCNC(=O)OCc2ccccc2)O[C@H](COP(=O)(O)C[C@H]2O[C@H](CO)[C@@H](OCc3ccccc3)[C@H](OCc3ccccc3)[C@@H]2N=C(C)[O-])[C@@H](OCc2ccccc2)[C@@H]1OCc1ccccc1.[Na+]. The van der Waals surface area contributed by atoms with Crippen LogP contribution in [0.3, 0.4) is 0 Å². The molecule has 1 unspecified atom stereocenters. The number of carbonyl (C=O) groups is 2. The number of benzene rings is 5. The average molecular weight is 1080 g/mol. The van der Waals surface area contributed by atoms with Crippen LogP contribution in [0.2, 0.25) is 0 Å². The first kappa shape index (κ1) is 60.4. The van der Waals surface area contributed by atoms with E-state index in [-0.39, 0.29) is 75.7 Å². The number of alkyl carbamates (subject to hydrolysis) is 1. The number of carbonyl (C=O) groups excluding carboxylic acids is 2. The van der Waals surface area contributed by atoms with Crippen LogP contribution in [0.5, 0.6) is 0 Å². The smallest absolute Gasteiger partial charge is 0.862 e. The number of nitrogens with one attached hydrogen (secondary N) is 2. The zero-order valence-electron chi connectivity index (χ0n) is 43.1. The van der Waals surface area contributed by atoms with Gasteiger partial charge in [-0.25, -0.2) is 4.79 Å². The second kappa shape index (κ2) is 31.5. The first-order chi connectivity index (χ1) is 36.4. The maximum atomic E-state index is 14.6. The number of hydrogen-bond acceptors (Lipinski definition) is 15. The van der Waals surface area contributed by atoms with E-state index in [0.717, 1.165) is 27.8 Å². The van der Waals surface area contributed by atoms with E-state index in [9.17, 15) is 29.3 Å². The fourth-order valence-corrected chi connectivity index (χ4v) is 10.0. The topological polar surface area (TPSA) is 234 Å². The van der Waals surface area contributed by atoms with Crippen molar-refractivity contribution in [1.82, 2.24) is 10.6 Å². The molecule has 0 radical (unpaired) electrons. The molecule has 2 amide bonds. The molecule has 7 rings (SSSR count). The molecule has 2 fully saturated rings. The van der Waals surface area contributed by atoms with Gasteiger partial charge >= 0.3 is 43.2 Å². The maximum absolute atomic E-state index is 14.6. The van der Waals surface area contributed by atoms with Crippen molar-refractivity contribution in [2.45, 2.75) is 114 Å². The Balaban J connectivity index is 0.00000937. The Morgan fingerprint density at radius 3 is 1.53 bits per heavy atom. The van der Waals surface area contributed by atoms with Gasteiger partial charge in [-0.2, -0.15) is 0 Å². The molecule has 0 spiro atoms. The number of aliphatic imine (C=N–C) groups is 1. The van der Waals surface area contributed by atoms with Gasteiger partial charge in [0.1, 0.15) is 55.3 Å². The number of aliphatic hydroxyl groups is 1. The second-order valence-corrected chi connectivity index (χ2v) is 20.1. The third-order valence-corrected chi connectivity index (χ3v) is 13.7. The second-order valence-electron chi connectivity index (χ2n) is 18.2. The van der Waals surface area contributed by atoms with E-state index >= 15 is 0 Å². The molecule has 20 heteroatoms. The molecule has 0 aromatic heterocycles. The fraction of sp³-hybridized carbons (Fsp3) is 0.411. The van der Waals surface area contributed by atoms with Gasteiger partial charge in [0.25, 0.3) is 0 Å². The molecule has 0 saturated carbocycles. The molecule has 0 aliphatic carbocycles. The van der Waals surface area contributed by atoms with Crippen molar-refractivity contribution < 1.29 is 101 Å². The van der Waals surface area contributed by atoms with Gasteiger partial charge in [-0.3, -0.25) is 14.4 Å². The van der Waals surface area contributed by atoms with Crippen molar-refractivity contribution in [2.24, 2.45) is 4.99 Å². The minimum Gasteiger partial charge on any atom is -0.862 e. The van der Waals surface area contributed by atoms with Crippen LogP contribution in [0.1, 0.15) is 48.1 Å². The standard InChI is InChI=1S/C56H68N3O15P.Na/c1-39(61)58-49-48(73-46(31-60)51(67-32-41-19-8-3-9-20-41)53(49)69-34-43-23-12-5-13-24-43)38-75(64,65)72-37-47-52(68-33-42-21-10-4-11-22-42)54(70-35-44-25-14-6-15-26-44)50(59-40(2)62)55(74-47)66-30-18-29-57-56(63)71-36-45-27-16-7-17-28-45;/h3-17,19-28,46-55,60H,18,29-38H2,1-2H3,(H,57,63)(H,58,61)(H,59,62)(H,64,65);/q;+1/p-1/t46-,47-,48-,49-,50+,51-,52-,53-,54-,55+;/m1./s1. The first-order valence-corrected chi connectivity index (χ1v) is 26.8. The molecule has 5 aromatic carbocycles. The summed E-state index contributed by atoms with van der Waals surface area (Å²) in [6.45, 7) is 2.11. The van der Waals surface area contributed by atoms with Crippen LogP contribution < -0.4 is 45.3 Å². The van der Waals surface area contributed by atoms with E-state index < -0.39 is 106 Å². The Hall–Kier alpha value is -4.86. The van der Waals surface area contributed by atoms with Gasteiger partial charge in [0.2, 0.25) is 5.91 Å². The molecule has 18 nitrogen and oxygen atoms in total. The summed E-state index contributed by atoms with van der Waals surface area (Å²) in [5, 5.41) is 29.3. The molecule has 2 aliphatic rings. The minimum atomic E-state index is -4.75. The van der Waals surface area contributed by atoms with Crippen molar-refractivity contribution in [3.05, 3.63) is 179 Å². The van der Waals surface area contributed by atoms with Gasteiger partial charge in [0.05, 0.1) is 58.5 Å². The van der Waals surface area contributed by atoms with Crippen LogP contribution >= 0.6 is 7.60 Å². The first-order valence-electron chi connectivity index (χ1n) is 25.0. The quantitative estimate of drug-likeness (QED) is 0.0195. The molecule has 5 aromatic rings. The Morgan fingerprint density at radius 2 is 1.07 bits per heavy atom. The Kier molecular flexibility index (Phi) is 25.0. The molecule has 2 saturated heterocycles. The molecule has 402 valence electrons. The number of aliphatic hydroxyl groups excluding tert-OH is 1. The summed E-state index contributed by atoms with van der Waals surface area (Å²) in [4.78, 5) is 41.7. The van der Waals surface area contributed by atoms with E-state index in [1.54, 1.807) is 0 Å². The Bertz CT molecular complexity index is 2540. The summed E-state index contributed by atoms with van der Waals surface area (Å²) in [5.74, 6) is -1.00. The number of ether oxygens (including phenoxy) is 8. The van der Waals surface area contributed by atoms with Crippen LogP contribution in [0.15, 0.2) is 157 Å². The summed E-state index contributed by atoms with van der Waals surface area (Å²) >= 11 is 0. The normalized spacial score (nSPS) is 24.3. The zero-order chi connectivity index (χ0) is 52.8. The molecule has 4 N–H and O–H groups in total. The van der Waals surface area contributed by atoms with E-state index in [4.69, 9.17) is 42.4 Å². The van der Waals surface area contributed by atoms with Crippen LogP contribution in [0.4, 0.5) is 4.79 Å². The monoisotopic (exact) mass is 1080 g/mol. The summed E-state index contributed by atoms with van der Waals surface area (Å²) in [5.41, 5.74) is 4.10.